The van der Waals surface area contributed by atoms with Crippen LogP contribution in [-0.4, -0.2) is 22.7 Å². The standard InChI is InChI=1S/C18H15F2N3O.ClH/c1-2-24-18(21)13-9-14-16(22-23-17(14)10-15(13)20)8-5-11-3-6-12(19)7-4-11;/h3-10,21H,2H2,1H3,(H,22,23);1H/b8-5+,21-18?;. The first kappa shape index (κ1) is 18.6. The number of benzene rings is 2. The van der Waals surface area contributed by atoms with E-state index in [0.29, 0.717) is 23.2 Å². The summed E-state index contributed by atoms with van der Waals surface area (Å²) >= 11 is 0. The first-order valence-corrected chi connectivity index (χ1v) is 7.41. The van der Waals surface area contributed by atoms with Crippen LogP contribution in [0.3, 0.4) is 0 Å². The van der Waals surface area contributed by atoms with E-state index in [1.807, 2.05) is 0 Å². The first-order chi connectivity index (χ1) is 11.6. The number of nitrogens with zero attached hydrogens (tertiary/aromatic N) is 1. The Kier molecular flexibility index (Phi) is 5.88. The van der Waals surface area contributed by atoms with E-state index >= 15 is 0 Å². The van der Waals surface area contributed by atoms with Crippen molar-refractivity contribution in [3.63, 3.8) is 0 Å². The van der Waals surface area contributed by atoms with E-state index in [4.69, 9.17) is 10.1 Å². The molecule has 2 aromatic carbocycles. The number of hydrogen-bond donors (Lipinski definition) is 2. The zero-order valence-corrected chi connectivity index (χ0v) is 14.2. The van der Waals surface area contributed by atoms with E-state index in [1.54, 1.807) is 31.2 Å². The number of nitrogens with one attached hydrogen (secondary N) is 2. The molecule has 0 saturated heterocycles. The number of aromatic nitrogens is 2. The molecule has 0 aliphatic carbocycles. The first-order valence-electron chi connectivity index (χ1n) is 7.41. The molecule has 0 saturated carbocycles. The Balaban J connectivity index is 0.00000225. The van der Waals surface area contributed by atoms with Crippen molar-refractivity contribution in [3.8, 4) is 0 Å². The fraction of sp³-hybridized carbons (Fsp3) is 0.111. The van der Waals surface area contributed by atoms with Gasteiger partial charge in [0.15, 0.2) is 0 Å². The molecule has 0 radical (unpaired) electrons. The molecule has 0 amide bonds. The lowest BCUT2D eigenvalue weighted by molar-refractivity contribution is 0.324. The Bertz CT molecular complexity index is 920. The van der Waals surface area contributed by atoms with E-state index in [1.165, 1.54) is 24.3 Å². The number of rotatable bonds is 4. The van der Waals surface area contributed by atoms with Crippen LogP contribution in [0.15, 0.2) is 36.4 Å². The Morgan fingerprint density at radius 3 is 2.60 bits per heavy atom. The largest absolute Gasteiger partial charge is 0.478 e. The fourth-order valence-corrected chi connectivity index (χ4v) is 2.33. The Morgan fingerprint density at radius 1 is 1.20 bits per heavy atom. The van der Waals surface area contributed by atoms with E-state index in [2.05, 4.69) is 10.2 Å². The Morgan fingerprint density at radius 2 is 1.92 bits per heavy atom. The van der Waals surface area contributed by atoms with Crippen molar-refractivity contribution in [2.24, 2.45) is 0 Å². The average Bonchev–Trinajstić information content (AvgIpc) is 2.95. The van der Waals surface area contributed by atoms with E-state index in [-0.39, 0.29) is 29.7 Å². The average molecular weight is 364 g/mol. The Hall–Kier alpha value is -2.73. The van der Waals surface area contributed by atoms with Crippen LogP contribution < -0.4 is 0 Å². The highest BCUT2D eigenvalue weighted by molar-refractivity contribution is 5.98. The van der Waals surface area contributed by atoms with Crippen LogP contribution >= 0.6 is 12.4 Å². The molecule has 130 valence electrons. The van der Waals surface area contributed by atoms with Crippen molar-refractivity contribution in [1.82, 2.24) is 10.2 Å². The number of halogens is 3. The van der Waals surface area contributed by atoms with Gasteiger partial charge >= 0.3 is 0 Å². The van der Waals surface area contributed by atoms with Gasteiger partial charge in [0.2, 0.25) is 5.90 Å². The van der Waals surface area contributed by atoms with Gasteiger partial charge in [0.05, 0.1) is 23.4 Å². The summed E-state index contributed by atoms with van der Waals surface area (Å²) < 4.78 is 32.1. The molecule has 0 aliphatic heterocycles. The molecule has 1 aromatic heterocycles. The highest BCUT2D eigenvalue weighted by Crippen LogP contribution is 2.23. The molecule has 0 fully saturated rings. The number of ether oxygens (including phenoxy) is 1. The zero-order valence-electron chi connectivity index (χ0n) is 13.3. The topological polar surface area (TPSA) is 61.8 Å². The van der Waals surface area contributed by atoms with Crippen LogP contribution in [0.5, 0.6) is 0 Å². The summed E-state index contributed by atoms with van der Waals surface area (Å²) in [5.74, 6) is -1.06. The number of hydrogen-bond acceptors (Lipinski definition) is 3. The molecular weight excluding hydrogens is 348 g/mol. The van der Waals surface area contributed by atoms with Crippen molar-refractivity contribution in [3.05, 3.63) is 64.9 Å². The Labute approximate surface area is 149 Å². The van der Waals surface area contributed by atoms with Gasteiger partial charge in [0, 0.05) is 11.5 Å². The van der Waals surface area contributed by atoms with Crippen molar-refractivity contribution >= 4 is 41.4 Å². The van der Waals surface area contributed by atoms with Crippen molar-refractivity contribution in [2.75, 3.05) is 6.61 Å². The van der Waals surface area contributed by atoms with Gasteiger partial charge in [0.25, 0.3) is 0 Å². The molecule has 0 aliphatic rings. The van der Waals surface area contributed by atoms with Gasteiger partial charge in [-0.1, -0.05) is 18.2 Å². The highest BCUT2D eigenvalue weighted by atomic mass is 35.5. The maximum atomic E-state index is 14.1. The van der Waals surface area contributed by atoms with Gasteiger partial charge in [-0.2, -0.15) is 5.10 Å². The molecule has 4 nitrogen and oxygen atoms in total. The van der Waals surface area contributed by atoms with E-state index in [0.717, 1.165) is 5.56 Å². The van der Waals surface area contributed by atoms with Gasteiger partial charge in [-0.3, -0.25) is 10.5 Å². The number of aromatic amines is 1. The summed E-state index contributed by atoms with van der Waals surface area (Å²) in [6.45, 7) is 2.03. The van der Waals surface area contributed by atoms with Gasteiger partial charge in [0.1, 0.15) is 11.6 Å². The lowest BCUT2D eigenvalue weighted by Crippen LogP contribution is -2.07. The predicted molar refractivity (Wildman–Crippen MR) is 97.1 cm³/mol. The van der Waals surface area contributed by atoms with Crippen LogP contribution in [0.25, 0.3) is 23.1 Å². The van der Waals surface area contributed by atoms with E-state index < -0.39 is 5.82 Å². The molecule has 25 heavy (non-hydrogen) atoms. The van der Waals surface area contributed by atoms with Gasteiger partial charge in [-0.05, 0) is 36.8 Å². The normalized spacial score (nSPS) is 10.8. The third-order valence-electron chi connectivity index (χ3n) is 3.52. The molecule has 3 aromatic rings. The smallest absolute Gasteiger partial charge is 0.216 e. The lowest BCUT2D eigenvalue weighted by Gasteiger charge is -2.06. The quantitative estimate of drug-likeness (QED) is 0.517. The SMILES string of the molecule is CCOC(=N)c1cc2c(/C=C/c3ccc(F)cc3)n[nH]c2cc1F.Cl. The summed E-state index contributed by atoms with van der Waals surface area (Å²) in [5, 5.41) is 15.4. The minimum atomic E-state index is -0.543. The van der Waals surface area contributed by atoms with Gasteiger partial charge in [-0.15, -0.1) is 12.4 Å². The van der Waals surface area contributed by atoms with Crippen LogP contribution in [-0.2, 0) is 4.74 Å². The third-order valence-corrected chi connectivity index (χ3v) is 3.52. The summed E-state index contributed by atoms with van der Waals surface area (Å²) in [5.41, 5.74) is 2.03. The summed E-state index contributed by atoms with van der Waals surface area (Å²) in [4.78, 5) is 0. The molecule has 1 heterocycles. The van der Waals surface area contributed by atoms with E-state index in [9.17, 15) is 8.78 Å². The highest BCUT2D eigenvalue weighted by Gasteiger charge is 2.13. The van der Waals surface area contributed by atoms with Gasteiger partial charge in [-0.25, -0.2) is 8.78 Å². The second-order valence-corrected chi connectivity index (χ2v) is 5.13. The second kappa shape index (κ2) is 7.90. The molecule has 0 spiro atoms. The maximum absolute atomic E-state index is 14.1. The maximum Gasteiger partial charge on any atom is 0.216 e. The molecule has 0 unspecified atom stereocenters. The zero-order chi connectivity index (χ0) is 17.1. The summed E-state index contributed by atoms with van der Waals surface area (Å²) in [6, 6.07) is 8.88. The predicted octanol–water partition coefficient (Wildman–Crippen LogP) is 4.80. The van der Waals surface area contributed by atoms with Gasteiger partial charge < -0.3 is 4.74 Å². The minimum Gasteiger partial charge on any atom is -0.478 e. The molecule has 7 heteroatoms. The third kappa shape index (κ3) is 4.03. The van der Waals surface area contributed by atoms with Crippen molar-refractivity contribution in [1.29, 1.82) is 5.41 Å². The molecule has 0 atom stereocenters. The molecule has 0 bridgehead atoms. The lowest BCUT2D eigenvalue weighted by atomic mass is 10.1. The van der Waals surface area contributed by atoms with Crippen LogP contribution in [0.4, 0.5) is 8.78 Å². The molecule has 2 N–H and O–H groups in total. The van der Waals surface area contributed by atoms with Crippen molar-refractivity contribution < 1.29 is 13.5 Å². The summed E-state index contributed by atoms with van der Waals surface area (Å²) in [6.07, 6.45) is 3.53. The second-order valence-electron chi connectivity index (χ2n) is 5.13. The van der Waals surface area contributed by atoms with Crippen LogP contribution in [0, 0.1) is 17.0 Å². The van der Waals surface area contributed by atoms with Crippen molar-refractivity contribution in [2.45, 2.75) is 6.92 Å². The number of fused-ring (bicyclic) bond motifs is 1. The molecule has 3 rings (SSSR count). The monoisotopic (exact) mass is 363 g/mol. The fourth-order valence-electron chi connectivity index (χ4n) is 2.33. The van der Waals surface area contributed by atoms with Crippen LogP contribution in [0.2, 0.25) is 0 Å². The minimum absolute atomic E-state index is 0. The van der Waals surface area contributed by atoms with Crippen LogP contribution in [0.1, 0.15) is 23.7 Å². The number of H-pyrrole nitrogens is 1. The molecular formula is C18H16ClF2N3O. The summed E-state index contributed by atoms with van der Waals surface area (Å²) in [7, 11) is 0.